The molecular formula is C29H27F2N3OS. The molecule has 6 rings (SSSR count). The Morgan fingerprint density at radius 2 is 1.78 bits per heavy atom. The third kappa shape index (κ3) is 4.11. The molecule has 0 fully saturated rings. The minimum absolute atomic E-state index is 0.262. The maximum atomic E-state index is 14.4. The summed E-state index contributed by atoms with van der Waals surface area (Å²) in [5.74, 6) is -1.31. The number of fused-ring (bicyclic) bond motifs is 5. The molecule has 1 atom stereocenters. The van der Waals surface area contributed by atoms with Gasteiger partial charge >= 0.3 is 6.03 Å². The minimum Gasteiger partial charge on any atom is -0.334 e. The number of benzene rings is 2. The molecule has 1 N–H and O–H groups in total. The molecule has 4 nitrogen and oxygen atoms in total. The second-order valence-corrected chi connectivity index (χ2v) is 10.8. The zero-order valence-corrected chi connectivity index (χ0v) is 20.9. The Hall–Kier alpha value is -3.45. The number of halogens is 2. The second kappa shape index (κ2) is 9.21. The normalized spacial score (nSPS) is 16.6. The number of nitrogens with zero attached hydrogens (tertiary/aromatic N) is 2. The summed E-state index contributed by atoms with van der Waals surface area (Å²) in [5, 5.41) is 4.17. The molecule has 0 spiro atoms. The molecule has 0 saturated heterocycles. The first-order valence-corrected chi connectivity index (χ1v) is 13.2. The summed E-state index contributed by atoms with van der Waals surface area (Å²) < 4.78 is 30.9. The summed E-state index contributed by atoms with van der Waals surface area (Å²) in [6.07, 6.45) is 6.35. The van der Waals surface area contributed by atoms with E-state index in [4.69, 9.17) is 0 Å². The summed E-state index contributed by atoms with van der Waals surface area (Å²) in [6.45, 7) is 2.78. The van der Waals surface area contributed by atoms with Crippen molar-refractivity contribution in [3.63, 3.8) is 0 Å². The van der Waals surface area contributed by atoms with Gasteiger partial charge in [0.2, 0.25) is 0 Å². The predicted molar refractivity (Wildman–Crippen MR) is 137 cm³/mol. The number of hydrogen-bond acceptors (Lipinski definition) is 2. The molecule has 2 aliphatic rings. The highest BCUT2D eigenvalue weighted by Gasteiger charge is 2.36. The van der Waals surface area contributed by atoms with E-state index in [1.165, 1.54) is 29.0 Å². The fourth-order valence-electron chi connectivity index (χ4n) is 5.46. The monoisotopic (exact) mass is 503 g/mol. The van der Waals surface area contributed by atoms with Gasteiger partial charge in [-0.3, -0.25) is 0 Å². The summed E-state index contributed by atoms with van der Waals surface area (Å²) in [6, 6.07) is 14.5. The lowest BCUT2D eigenvalue weighted by Gasteiger charge is -2.31. The number of hydrogen-bond donors (Lipinski definition) is 1. The van der Waals surface area contributed by atoms with E-state index < -0.39 is 17.7 Å². The molecule has 7 heteroatoms. The predicted octanol–water partition coefficient (Wildman–Crippen LogP) is 6.82. The molecular weight excluding hydrogens is 476 g/mol. The molecule has 3 heterocycles. The van der Waals surface area contributed by atoms with Gasteiger partial charge in [-0.2, -0.15) is 0 Å². The molecule has 0 radical (unpaired) electrons. The number of thiophene rings is 1. The van der Waals surface area contributed by atoms with Crippen LogP contribution in [0.1, 0.15) is 57.3 Å². The van der Waals surface area contributed by atoms with Gasteiger partial charge in [0.1, 0.15) is 22.7 Å². The van der Waals surface area contributed by atoms with Crippen molar-refractivity contribution >= 4 is 17.4 Å². The first kappa shape index (κ1) is 23.0. The SMILES string of the molecule is Cc1ccc(CNC(=O)N2Cc3c(sc4c3CCCC4)-n3cccc3[C@@H]2c2cc(F)cc(F)c2)cc1. The topological polar surface area (TPSA) is 37.3 Å². The van der Waals surface area contributed by atoms with Gasteiger partial charge in [-0.15, -0.1) is 11.3 Å². The van der Waals surface area contributed by atoms with Gasteiger partial charge in [-0.1, -0.05) is 29.8 Å². The molecule has 2 aromatic heterocycles. The highest BCUT2D eigenvalue weighted by atomic mass is 32.1. The number of carbonyl (C=O) groups excluding carboxylic acids is 1. The molecule has 1 aliphatic carbocycles. The number of urea groups is 1. The van der Waals surface area contributed by atoms with Crippen LogP contribution in [0.2, 0.25) is 0 Å². The van der Waals surface area contributed by atoms with Gasteiger partial charge < -0.3 is 14.8 Å². The first-order chi connectivity index (χ1) is 17.5. The highest BCUT2D eigenvalue weighted by Crippen LogP contribution is 2.44. The Morgan fingerprint density at radius 3 is 2.56 bits per heavy atom. The van der Waals surface area contributed by atoms with Crippen LogP contribution in [-0.4, -0.2) is 15.5 Å². The highest BCUT2D eigenvalue weighted by molar-refractivity contribution is 7.15. The van der Waals surface area contributed by atoms with Crippen LogP contribution in [0.4, 0.5) is 13.6 Å². The Labute approximate surface area is 213 Å². The van der Waals surface area contributed by atoms with Crippen molar-refractivity contribution in [1.82, 2.24) is 14.8 Å². The summed E-state index contributed by atoms with van der Waals surface area (Å²) in [4.78, 5) is 16.9. The molecule has 2 amide bonds. The van der Waals surface area contributed by atoms with Gasteiger partial charge in [0.25, 0.3) is 0 Å². The lowest BCUT2D eigenvalue weighted by atomic mass is 9.95. The van der Waals surface area contributed by atoms with Crippen molar-refractivity contribution in [2.45, 2.75) is 51.7 Å². The van der Waals surface area contributed by atoms with Crippen molar-refractivity contribution in [2.24, 2.45) is 0 Å². The van der Waals surface area contributed by atoms with Crippen LogP contribution in [0, 0.1) is 18.6 Å². The maximum Gasteiger partial charge on any atom is 0.318 e. The van der Waals surface area contributed by atoms with Gasteiger partial charge in [-0.05, 0) is 73.6 Å². The van der Waals surface area contributed by atoms with Crippen molar-refractivity contribution in [3.05, 3.63) is 111 Å². The molecule has 0 saturated carbocycles. The number of carbonyl (C=O) groups is 1. The van der Waals surface area contributed by atoms with Crippen molar-refractivity contribution in [1.29, 1.82) is 0 Å². The standard InChI is InChI=1S/C29H27F2N3OS/c1-18-8-10-19(11-9-18)16-32-29(35)34-17-24-23-5-2-3-7-26(23)36-28(24)33-12-4-6-25(33)27(34)20-13-21(30)15-22(31)14-20/h4,6,8-15,27H,2-3,5,7,16-17H2,1H3,(H,32,35)/t27-/m0/s1. The van der Waals surface area contributed by atoms with E-state index in [1.807, 2.05) is 49.5 Å². The number of amides is 2. The van der Waals surface area contributed by atoms with Gasteiger partial charge in [0.15, 0.2) is 0 Å². The molecule has 1 aliphatic heterocycles. The lowest BCUT2D eigenvalue weighted by Crippen LogP contribution is -2.42. The molecule has 4 aromatic rings. The Bertz CT molecular complexity index is 1420. The van der Waals surface area contributed by atoms with Crippen LogP contribution in [0.25, 0.3) is 5.00 Å². The van der Waals surface area contributed by atoms with Crippen molar-refractivity contribution in [2.75, 3.05) is 0 Å². The third-order valence-electron chi connectivity index (χ3n) is 7.20. The number of aromatic nitrogens is 1. The van der Waals surface area contributed by atoms with Crippen LogP contribution in [-0.2, 0) is 25.9 Å². The summed E-state index contributed by atoms with van der Waals surface area (Å²) in [5.41, 5.74) is 5.88. The Kier molecular flexibility index (Phi) is 5.88. The number of rotatable bonds is 3. The van der Waals surface area contributed by atoms with E-state index in [0.29, 0.717) is 18.7 Å². The number of nitrogens with one attached hydrogen (secondary N) is 1. The fraction of sp³-hybridized carbons (Fsp3) is 0.276. The first-order valence-electron chi connectivity index (χ1n) is 12.3. The van der Waals surface area contributed by atoms with E-state index in [2.05, 4.69) is 9.88 Å². The van der Waals surface area contributed by atoms with E-state index >= 15 is 0 Å². The zero-order valence-electron chi connectivity index (χ0n) is 20.1. The average Bonchev–Trinajstić information content (AvgIpc) is 3.44. The van der Waals surface area contributed by atoms with Gasteiger partial charge in [-0.25, -0.2) is 13.6 Å². The van der Waals surface area contributed by atoms with E-state index in [9.17, 15) is 13.6 Å². The van der Waals surface area contributed by atoms with E-state index in [1.54, 1.807) is 16.2 Å². The summed E-state index contributed by atoms with van der Waals surface area (Å²) >= 11 is 1.78. The quantitative estimate of drug-likeness (QED) is 0.327. The Morgan fingerprint density at radius 1 is 1.03 bits per heavy atom. The smallest absolute Gasteiger partial charge is 0.318 e. The van der Waals surface area contributed by atoms with Crippen LogP contribution in [0.5, 0.6) is 0 Å². The molecule has 0 unspecified atom stereocenters. The van der Waals surface area contributed by atoms with Crippen molar-refractivity contribution in [3.8, 4) is 5.00 Å². The van der Waals surface area contributed by atoms with Crippen LogP contribution in [0.15, 0.2) is 60.8 Å². The molecule has 0 bridgehead atoms. The van der Waals surface area contributed by atoms with Gasteiger partial charge in [0.05, 0.1) is 12.2 Å². The largest absolute Gasteiger partial charge is 0.334 e. The minimum atomic E-state index is -0.653. The molecule has 184 valence electrons. The summed E-state index contributed by atoms with van der Waals surface area (Å²) in [7, 11) is 0. The maximum absolute atomic E-state index is 14.4. The third-order valence-corrected chi connectivity index (χ3v) is 8.54. The molecule has 2 aromatic carbocycles. The van der Waals surface area contributed by atoms with E-state index in [0.717, 1.165) is 52.7 Å². The van der Waals surface area contributed by atoms with Crippen LogP contribution in [0.3, 0.4) is 0 Å². The van der Waals surface area contributed by atoms with Gasteiger partial charge in [0, 0.05) is 29.2 Å². The Balaban J connectivity index is 1.45. The van der Waals surface area contributed by atoms with Crippen LogP contribution >= 0.6 is 11.3 Å². The molecule has 36 heavy (non-hydrogen) atoms. The van der Waals surface area contributed by atoms with Crippen LogP contribution < -0.4 is 5.32 Å². The van der Waals surface area contributed by atoms with Crippen molar-refractivity contribution < 1.29 is 13.6 Å². The fourth-order valence-corrected chi connectivity index (χ4v) is 6.86. The second-order valence-electron chi connectivity index (χ2n) is 9.68. The zero-order chi connectivity index (χ0) is 24.8. The number of aryl methyl sites for hydroxylation is 2. The average molecular weight is 504 g/mol. The van der Waals surface area contributed by atoms with E-state index in [-0.39, 0.29) is 6.03 Å². The lowest BCUT2D eigenvalue weighted by molar-refractivity contribution is 0.179.